The second kappa shape index (κ2) is 7.37. The predicted octanol–water partition coefficient (Wildman–Crippen LogP) is 2.84. The lowest BCUT2D eigenvalue weighted by molar-refractivity contribution is -0.0979. The fourth-order valence-corrected chi connectivity index (χ4v) is 3.71. The molecule has 1 saturated heterocycles. The molecule has 1 spiro atoms. The lowest BCUT2D eigenvalue weighted by Gasteiger charge is -2.57. The summed E-state index contributed by atoms with van der Waals surface area (Å²) in [4.78, 5) is 10.4. The summed E-state index contributed by atoms with van der Waals surface area (Å²) in [5.41, 5.74) is 4.23. The van der Waals surface area contributed by atoms with E-state index in [1.165, 1.54) is 37.2 Å². The van der Waals surface area contributed by atoms with Crippen LogP contribution in [0.1, 0.15) is 24.0 Å². The smallest absolute Gasteiger partial charge is 0.106 e. The highest BCUT2D eigenvalue weighted by Crippen LogP contribution is 2.47. The number of carbonyl (C=O) groups is 1. The second-order valence-electron chi connectivity index (χ2n) is 6.50. The maximum atomic E-state index is 8.00. The molecule has 1 saturated carbocycles. The topological polar surface area (TPSA) is 44.4 Å². The van der Waals surface area contributed by atoms with Crippen molar-refractivity contribution < 1.29 is 4.79 Å². The lowest BCUT2D eigenvalue weighted by Crippen LogP contribution is -2.64. The van der Waals surface area contributed by atoms with Crippen LogP contribution in [0.25, 0.3) is 6.08 Å². The quantitative estimate of drug-likeness (QED) is 0.888. The summed E-state index contributed by atoms with van der Waals surface area (Å²) in [5.74, 6) is 0. The lowest BCUT2D eigenvalue weighted by atomic mass is 9.61. The van der Waals surface area contributed by atoms with Crippen molar-refractivity contribution in [3.63, 3.8) is 0 Å². The van der Waals surface area contributed by atoms with Gasteiger partial charge in [0.2, 0.25) is 0 Å². The van der Waals surface area contributed by atoms with Gasteiger partial charge in [-0.25, -0.2) is 0 Å². The van der Waals surface area contributed by atoms with Crippen molar-refractivity contribution in [1.82, 2.24) is 10.6 Å². The average Bonchev–Trinajstić information content (AvgIpc) is 2.47. The number of carbonyl (C=O) groups excluding carboxylic acids is 1. The number of nitrogens with zero attached hydrogens (tertiary/aromatic N) is 1. The Balaban J connectivity index is 0.000000924. The first-order valence-electron chi connectivity index (χ1n) is 7.92. The van der Waals surface area contributed by atoms with Gasteiger partial charge in [-0.2, -0.15) is 0 Å². The average molecular weight is 336 g/mol. The Bertz CT molecular complexity index is 576. The van der Waals surface area contributed by atoms with Gasteiger partial charge in [-0.1, -0.05) is 11.6 Å². The summed E-state index contributed by atoms with van der Waals surface area (Å²) >= 11 is 6.29. The number of anilines is 1. The van der Waals surface area contributed by atoms with Gasteiger partial charge >= 0.3 is 0 Å². The van der Waals surface area contributed by atoms with Crippen molar-refractivity contribution >= 4 is 30.2 Å². The van der Waals surface area contributed by atoms with Crippen LogP contribution in [0.4, 0.5) is 5.69 Å². The van der Waals surface area contributed by atoms with Crippen LogP contribution in [0, 0.1) is 12.3 Å². The Morgan fingerprint density at radius 3 is 2.57 bits per heavy atom. The SMILES string of the molecule is C=O.CN/C=C\c1c(N(C)C2CC3(CNC3)C2)ccc(Cl)c1C. The van der Waals surface area contributed by atoms with E-state index in [9.17, 15) is 0 Å². The van der Waals surface area contributed by atoms with Crippen LogP contribution in [0.2, 0.25) is 5.02 Å². The van der Waals surface area contributed by atoms with E-state index in [2.05, 4.69) is 41.6 Å². The van der Waals surface area contributed by atoms with E-state index in [0.717, 1.165) is 10.6 Å². The van der Waals surface area contributed by atoms with Crippen LogP contribution >= 0.6 is 11.6 Å². The molecule has 0 radical (unpaired) electrons. The predicted molar refractivity (Wildman–Crippen MR) is 98.1 cm³/mol. The van der Waals surface area contributed by atoms with Gasteiger partial charge in [0.05, 0.1) is 0 Å². The van der Waals surface area contributed by atoms with Crippen molar-refractivity contribution in [2.75, 3.05) is 32.1 Å². The summed E-state index contributed by atoms with van der Waals surface area (Å²) < 4.78 is 0. The zero-order chi connectivity index (χ0) is 17.0. The number of nitrogens with one attached hydrogen (secondary N) is 2. The number of benzene rings is 1. The molecule has 1 aliphatic heterocycles. The monoisotopic (exact) mass is 335 g/mol. The Hall–Kier alpha value is -1.52. The normalized spacial score (nSPS) is 18.8. The molecule has 2 N–H and O–H groups in total. The summed E-state index contributed by atoms with van der Waals surface area (Å²) in [7, 11) is 4.13. The zero-order valence-electron chi connectivity index (χ0n) is 14.2. The first-order valence-corrected chi connectivity index (χ1v) is 8.29. The van der Waals surface area contributed by atoms with Crippen LogP contribution in [0.3, 0.4) is 0 Å². The molecule has 0 atom stereocenters. The Morgan fingerprint density at radius 1 is 1.39 bits per heavy atom. The van der Waals surface area contributed by atoms with Gasteiger partial charge in [0, 0.05) is 49.5 Å². The Morgan fingerprint density at radius 2 is 2.04 bits per heavy atom. The molecule has 0 aromatic heterocycles. The third kappa shape index (κ3) is 3.38. The molecule has 0 unspecified atom stereocenters. The maximum Gasteiger partial charge on any atom is 0.106 e. The summed E-state index contributed by atoms with van der Waals surface area (Å²) in [6, 6.07) is 4.81. The fraction of sp³-hybridized carbons (Fsp3) is 0.500. The Labute approximate surface area is 143 Å². The molecule has 1 aliphatic carbocycles. The number of rotatable bonds is 4. The van der Waals surface area contributed by atoms with E-state index in [4.69, 9.17) is 16.4 Å². The highest BCUT2D eigenvalue weighted by Gasteiger charge is 2.49. The molecule has 0 amide bonds. The van der Waals surface area contributed by atoms with E-state index in [1.807, 2.05) is 26.1 Å². The molecule has 2 fully saturated rings. The minimum absolute atomic E-state index is 0.599. The van der Waals surface area contributed by atoms with Crippen LogP contribution in [-0.2, 0) is 4.79 Å². The molecule has 1 aromatic carbocycles. The molecule has 5 heteroatoms. The largest absolute Gasteiger partial charge is 0.394 e. The highest BCUT2D eigenvalue weighted by molar-refractivity contribution is 6.31. The molecule has 2 aliphatic rings. The van der Waals surface area contributed by atoms with E-state index in [1.54, 1.807) is 0 Å². The summed E-state index contributed by atoms with van der Waals surface area (Å²) in [6.07, 6.45) is 6.68. The molecule has 0 bridgehead atoms. The number of hydrogen-bond acceptors (Lipinski definition) is 4. The van der Waals surface area contributed by atoms with Gasteiger partial charge in [-0.15, -0.1) is 0 Å². The van der Waals surface area contributed by atoms with Crippen molar-refractivity contribution in [2.24, 2.45) is 5.41 Å². The summed E-state index contributed by atoms with van der Waals surface area (Å²) in [5, 5.41) is 7.30. The van der Waals surface area contributed by atoms with Crippen LogP contribution in [0.5, 0.6) is 0 Å². The van der Waals surface area contributed by atoms with E-state index < -0.39 is 0 Å². The van der Waals surface area contributed by atoms with Gasteiger partial charge in [0.1, 0.15) is 6.79 Å². The van der Waals surface area contributed by atoms with E-state index in [-0.39, 0.29) is 0 Å². The van der Waals surface area contributed by atoms with Crippen LogP contribution in [0.15, 0.2) is 18.3 Å². The van der Waals surface area contributed by atoms with Crippen molar-refractivity contribution in [3.8, 4) is 0 Å². The van der Waals surface area contributed by atoms with Gasteiger partial charge in [0.25, 0.3) is 0 Å². The van der Waals surface area contributed by atoms with Crippen molar-refractivity contribution in [3.05, 3.63) is 34.5 Å². The van der Waals surface area contributed by atoms with E-state index in [0.29, 0.717) is 11.5 Å². The standard InChI is InChI=1S/C17H24ClN3.CH2O/c1-12-14(6-7-19-2)16(5-4-15(12)18)21(3)13-8-17(9-13)10-20-11-17;1-2/h4-7,13,19-20H,8-11H2,1-3H3;1H2/b7-6-;. The third-order valence-corrected chi connectivity index (χ3v) is 5.52. The van der Waals surface area contributed by atoms with Gasteiger partial charge in [-0.05, 0) is 55.2 Å². The van der Waals surface area contributed by atoms with Crippen molar-refractivity contribution in [1.29, 1.82) is 0 Å². The molecule has 1 aromatic rings. The molecule has 1 heterocycles. The fourth-order valence-electron chi connectivity index (χ4n) is 3.55. The van der Waals surface area contributed by atoms with Gasteiger partial charge in [-0.3, -0.25) is 0 Å². The van der Waals surface area contributed by atoms with E-state index >= 15 is 0 Å². The van der Waals surface area contributed by atoms with Gasteiger partial charge < -0.3 is 20.3 Å². The summed E-state index contributed by atoms with van der Waals surface area (Å²) in [6.45, 7) is 6.49. The molecular weight excluding hydrogens is 310 g/mol. The zero-order valence-corrected chi connectivity index (χ0v) is 14.9. The highest BCUT2D eigenvalue weighted by atomic mass is 35.5. The molecular formula is C18H26ClN3O. The molecule has 3 rings (SSSR count). The maximum absolute atomic E-state index is 8.00. The third-order valence-electron chi connectivity index (χ3n) is 5.11. The first kappa shape index (κ1) is 17.8. The molecule has 4 nitrogen and oxygen atoms in total. The second-order valence-corrected chi connectivity index (χ2v) is 6.91. The first-order chi connectivity index (χ1) is 11.1. The van der Waals surface area contributed by atoms with Crippen molar-refractivity contribution in [2.45, 2.75) is 25.8 Å². The minimum Gasteiger partial charge on any atom is -0.394 e. The molecule has 126 valence electrons. The molecule has 23 heavy (non-hydrogen) atoms. The number of hydrogen-bond donors (Lipinski definition) is 2. The Kier molecular flexibility index (Phi) is 5.71. The van der Waals surface area contributed by atoms with Crippen LogP contribution < -0.4 is 15.5 Å². The van der Waals surface area contributed by atoms with Crippen LogP contribution in [-0.4, -0.2) is 40.0 Å². The van der Waals surface area contributed by atoms with Gasteiger partial charge in [0.15, 0.2) is 0 Å². The number of halogens is 1. The minimum atomic E-state index is 0.599.